The molecule has 12 heavy (non-hydrogen) atoms. The second-order valence-corrected chi connectivity index (χ2v) is 4.36. The highest BCUT2D eigenvalue weighted by atomic mass is 31.2. The highest BCUT2D eigenvalue weighted by molar-refractivity contribution is 7.47. The van der Waals surface area contributed by atoms with Crippen LogP contribution in [0, 0.1) is 0 Å². The molecule has 0 amide bonds. The zero-order valence-electron chi connectivity index (χ0n) is 7.07. The van der Waals surface area contributed by atoms with E-state index in [1.807, 2.05) is 0 Å². The van der Waals surface area contributed by atoms with Crippen molar-refractivity contribution in [1.82, 2.24) is 0 Å². The molecule has 0 aromatic carbocycles. The van der Waals surface area contributed by atoms with Gasteiger partial charge >= 0.3 is 7.82 Å². The van der Waals surface area contributed by atoms with E-state index >= 15 is 0 Å². The van der Waals surface area contributed by atoms with Crippen molar-refractivity contribution in [1.29, 1.82) is 0 Å². The summed E-state index contributed by atoms with van der Waals surface area (Å²) in [6.07, 6.45) is 4.98. The largest absolute Gasteiger partial charge is 0.472 e. The predicted molar refractivity (Wildman–Crippen MR) is 44.8 cm³/mol. The highest BCUT2D eigenvalue weighted by Gasteiger charge is 2.20. The topological polar surface area (TPSA) is 55.8 Å². The lowest BCUT2D eigenvalue weighted by molar-refractivity contribution is 0.140. The first-order chi connectivity index (χ1) is 5.71. The van der Waals surface area contributed by atoms with Gasteiger partial charge < -0.3 is 4.89 Å². The smallest absolute Gasteiger partial charge is 0.302 e. The van der Waals surface area contributed by atoms with Crippen molar-refractivity contribution in [2.24, 2.45) is 0 Å². The molecule has 1 heterocycles. The van der Waals surface area contributed by atoms with Crippen molar-refractivity contribution in [2.75, 3.05) is 13.2 Å². The molecular weight excluding hydrogens is 179 g/mol. The van der Waals surface area contributed by atoms with Crippen molar-refractivity contribution in [3.05, 3.63) is 0 Å². The van der Waals surface area contributed by atoms with E-state index in [4.69, 9.17) is 13.9 Å². The van der Waals surface area contributed by atoms with Gasteiger partial charge in [-0.25, -0.2) is 4.57 Å². The van der Waals surface area contributed by atoms with Gasteiger partial charge in [-0.1, -0.05) is 19.3 Å². The fourth-order valence-electron chi connectivity index (χ4n) is 1.13. The van der Waals surface area contributed by atoms with Gasteiger partial charge in [0, 0.05) is 0 Å². The van der Waals surface area contributed by atoms with Gasteiger partial charge in [-0.2, -0.15) is 0 Å². The van der Waals surface area contributed by atoms with Crippen LogP contribution < -0.4 is 0 Å². The first kappa shape index (κ1) is 10.2. The molecule has 0 atom stereocenters. The van der Waals surface area contributed by atoms with Gasteiger partial charge in [0.05, 0.1) is 13.2 Å². The maximum absolute atomic E-state index is 11.0. The molecule has 72 valence electrons. The third kappa shape index (κ3) is 4.21. The zero-order chi connectivity index (χ0) is 8.86. The fourth-order valence-corrected chi connectivity index (χ4v) is 1.93. The number of hydrogen-bond donors (Lipinski definition) is 1. The lowest BCUT2D eigenvalue weighted by Crippen LogP contribution is -2.01. The van der Waals surface area contributed by atoms with Crippen LogP contribution in [0.5, 0.6) is 0 Å². The van der Waals surface area contributed by atoms with Gasteiger partial charge in [-0.3, -0.25) is 9.05 Å². The number of phosphoric ester groups is 1. The van der Waals surface area contributed by atoms with Crippen LogP contribution in [-0.4, -0.2) is 18.1 Å². The minimum Gasteiger partial charge on any atom is -0.302 e. The zero-order valence-corrected chi connectivity index (χ0v) is 7.96. The summed E-state index contributed by atoms with van der Waals surface area (Å²) in [6, 6.07) is 0. The average Bonchev–Trinajstić information content (AvgIpc) is 2.02. The molecule has 0 aromatic heterocycles. The normalized spacial score (nSPS) is 26.4. The summed E-state index contributed by atoms with van der Waals surface area (Å²) in [5, 5.41) is 0. The highest BCUT2D eigenvalue weighted by Crippen LogP contribution is 2.43. The first-order valence-corrected chi connectivity index (χ1v) is 5.82. The molecule has 0 saturated carbocycles. The van der Waals surface area contributed by atoms with Gasteiger partial charge in [0.1, 0.15) is 0 Å². The Labute approximate surface area is 72.5 Å². The quantitative estimate of drug-likeness (QED) is 0.600. The molecule has 1 saturated heterocycles. The molecule has 0 aromatic rings. The van der Waals surface area contributed by atoms with Crippen LogP contribution in [0.4, 0.5) is 0 Å². The van der Waals surface area contributed by atoms with Gasteiger partial charge in [0.2, 0.25) is 0 Å². The maximum Gasteiger partial charge on any atom is 0.472 e. The monoisotopic (exact) mass is 194 g/mol. The van der Waals surface area contributed by atoms with Crippen molar-refractivity contribution in [2.45, 2.75) is 32.1 Å². The van der Waals surface area contributed by atoms with E-state index in [1.54, 1.807) is 0 Å². The third-order valence-corrected chi connectivity index (χ3v) is 2.82. The molecule has 5 heteroatoms. The predicted octanol–water partition coefficient (Wildman–Crippen LogP) is 2.08. The summed E-state index contributed by atoms with van der Waals surface area (Å²) < 4.78 is 20.4. The lowest BCUT2D eigenvalue weighted by Gasteiger charge is -2.13. The SMILES string of the molecule is O=P1(O)OCCCCCCCO1. The van der Waals surface area contributed by atoms with E-state index in [2.05, 4.69) is 0 Å². The molecule has 1 rings (SSSR count). The van der Waals surface area contributed by atoms with Gasteiger partial charge in [0.15, 0.2) is 0 Å². The first-order valence-electron chi connectivity index (χ1n) is 4.33. The second-order valence-electron chi connectivity index (χ2n) is 2.90. The van der Waals surface area contributed by atoms with Crippen LogP contribution in [0.2, 0.25) is 0 Å². The van der Waals surface area contributed by atoms with Crippen molar-refractivity contribution in [3.8, 4) is 0 Å². The molecule has 1 fully saturated rings. The third-order valence-electron chi connectivity index (χ3n) is 1.80. The van der Waals surface area contributed by atoms with E-state index in [-0.39, 0.29) is 0 Å². The minimum atomic E-state index is -3.70. The Morgan fingerprint density at radius 2 is 1.33 bits per heavy atom. The van der Waals surface area contributed by atoms with Crippen LogP contribution in [-0.2, 0) is 13.6 Å². The number of rotatable bonds is 0. The van der Waals surface area contributed by atoms with E-state index in [9.17, 15) is 4.57 Å². The second kappa shape index (κ2) is 4.97. The van der Waals surface area contributed by atoms with Gasteiger partial charge in [-0.15, -0.1) is 0 Å². The molecule has 0 spiro atoms. The van der Waals surface area contributed by atoms with E-state index in [1.165, 1.54) is 0 Å². The van der Waals surface area contributed by atoms with Gasteiger partial charge in [-0.05, 0) is 12.8 Å². The fraction of sp³-hybridized carbons (Fsp3) is 1.00. The molecule has 0 radical (unpaired) electrons. The Morgan fingerprint density at radius 1 is 0.917 bits per heavy atom. The summed E-state index contributed by atoms with van der Waals surface area (Å²) in [5.74, 6) is 0. The van der Waals surface area contributed by atoms with E-state index in [0.29, 0.717) is 13.2 Å². The Balaban J connectivity index is 2.32. The van der Waals surface area contributed by atoms with Crippen LogP contribution in [0.15, 0.2) is 0 Å². The van der Waals surface area contributed by atoms with Crippen LogP contribution in [0.1, 0.15) is 32.1 Å². The summed E-state index contributed by atoms with van der Waals surface area (Å²) in [5.41, 5.74) is 0. The molecule has 1 aliphatic rings. The molecule has 0 unspecified atom stereocenters. The Bertz CT molecular complexity index is 157. The number of hydrogen-bond acceptors (Lipinski definition) is 3. The summed E-state index contributed by atoms with van der Waals surface area (Å²) >= 11 is 0. The molecular formula is C7H15O4P. The maximum atomic E-state index is 11.0. The Kier molecular flexibility index (Phi) is 4.22. The van der Waals surface area contributed by atoms with E-state index in [0.717, 1.165) is 32.1 Å². The molecule has 0 aliphatic carbocycles. The summed E-state index contributed by atoms with van der Waals surface area (Å²) in [6.45, 7) is 0.654. The Morgan fingerprint density at radius 3 is 1.83 bits per heavy atom. The van der Waals surface area contributed by atoms with Crippen LogP contribution in [0.25, 0.3) is 0 Å². The standard InChI is InChI=1S/C7H15O4P/c8-12(9)10-6-4-2-1-3-5-7-11-12/h1-7H2,(H,8,9). The van der Waals surface area contributed by atoms with Crippen LogP contribution in [0.3, 0.4) is 0 Å². The van der Waals surface area contributed by atoms with Crippen molar-refractivity contribution < 1.29 is 18.5 Å². The molecule has 1 N–H and O–H groups in total. The van der Waals surface area contributed by atoms with Crippen molar-refractivity contribution in [3.63, 3.8) is 0 Å². The van der Waals surface area contributed by atoms with E-state index < -0.39 is 7.82 Å². The summed E-state index contributed by atoms with van der Waals surface area (Å²) in [4.78, 5) is 9.01. The summed E-state index contributed by atoms with van der Waals surface area (Å²) in [7, 11) is -3.70. The van der Waals surface area contributed by atoms with Crippen molar-refractivity contribution >= 4 is 7.82 Å². The molecule has 4 nitrogen and oxygen atoms in total. The van der Waals surface area contributed by atoms with Crippen LogP contribution >= 0.6 is 7.82 Å². The van der Waals surface area contributed by atoms with Gasteiger partial charge in [0.25, 0.3) is 0 Å². The molecule has 1 aliphatic heterocycles. The Hall–Kier alpha value is 0.110. The lowest BCUT2D eigenvalue weighted by atomic mass is 10.1. The number of phosphoric acid groups is 1. The molecule has 0 bridgehead atoms. The average molecular weight is 194 g/mol. The minimum absolute atomic E-state index is 0.327.